The lowest BCUT2D eigenvalue weighted by atomic mass is 9.89. The van der Waals surface area contributed by atoms with Crippen LogP contribution in [0.5, 0.6) is 0 Å². The summed E-state index contributed by atoms with van der Waals surface area (Å²) in [6.45, 7) is 3.44. The van der Waals surface area contributed by atoms with E-state index in [-0.39, 0.29) is 0 Å². The highest BCUT2D eigenvalue weighted by Crippen LogP contribution is 2.34. The number of aromatic amines is 2. The summed E-state index contributed by atoms with van der Waals surface area (Å²) in [5.74, 6) is 1.53. The van der Waals surface area contributed by atoms with E-state index >= 15 is 0 Å². The molecular weight excluding hydrogens is 396 g/mol. The molecule has 2 saturated heterocycles. The molecule has 0 radical (unpaired) electrons. The molecule has 4 heterocycles. The third kappa shape index (κ3) is 3.06. The highest BCUT2D eigenvalue weighted by atomic mass is 35.5. The van der Waals surface area contributed by atoms with Gasteiger partial charge < -0.3 is 15.2 Å². The number of benzene rings is 2. The lowest BCUT2D eigenvalue weighted by Crippen LogP contribution is -2.45. The summed E-state index contributed by atoms with van der Waals surface area (Å²) in [5.41, 5.74) is 5.07. The predicted molar refractivity (Wildman–Crippen MR) is 122 cm³/mol. The summed E-state index contributed by atoms with van der Waals surface area (Å²) in [6, 6.07) is 13.0. The minimum atomic E-state index is 0.633. The van der Waals surface area contributed by atoms with Crippen molar-refractivity contribution in [3.05, 3.63) is 41.4 Å². The van der Waals surface area contributed by atoms with Gasteiger partial charge >= 0.3 is 0 Å². The number of H-pyrrole nitrogens is 2. The Hall–Kier alpha value is -2.57. The number of fused-ring (bicyclic) bond motifs is 2. The fraction of sp³-hybridized carbons (Fsp3) is 0.391. The summed E-state index contributed by atoms with van der Waals surface area (Å²) in [5, 5.41) is 12.8. The van der Waals surface area contributed by atoms with Crippen molar-refractivity contribution in [1.82, 2.24) is 25.5 Å². The van der Waals surface area contributed by atoms with Crippen LogP contribution < -0.4 is 10.2 Å². The first kappa shape index (κ1) is 18.2. The van der Waals surface area contributed by atoms with Gasteiger partial charge in [0.2, 0.25) is 0 Å². The van der Waals surface area contributed by atoms with Crippen molar-refractivity contribution in [2.24, 2.45) is 5.92 Å². The van der Waals surface area contributed by atoms with E-state index in [9.17, 15) is 0 Å². The number of hydrogen-bond donors (Lipinski definition) is 3. The molecule has 4 aromatic rings. The molecule has 2 unspecified atom stereocenters. The maximum absolute atomic E-state index is 6.11. The molecular formula is C23H25ClN6. The molecule has 0 amide bonds. The quantitative estimate of drug-likeness (QED) is 0.448. The van der Waals surface area contributed by atoms with Crippen molar-refractivity contribution >= 4 is 39.2 Å². The zero-order chi connectivity index (χ0) is 20.1. The van der Waals surface area contributed by atoms with Crippen LogP contribution in [0.1, 0.15) is 25.7 Å². The molecule has 6 nitrogen and oxygen atoms in total. The van der Waals surface area contributed by atoms with Gasteiger partial charge in [-0.25, -0.2) is 4.98 Å². The van der Waals surface area contributed by atoms with E-state index in [2.05, 4.69) is 43.6 Å². The van der Waals surface area contributed by atoms with Gasteiger partial charge in [0, 0.05) is 28.7 Å². The number of hydrogen-bond acceptors (Lipinski definition) is 4. The molecule has 2 fully saturated rings. The number of imidazole rings is 1. The van der Waals surface area contributed by atoms with Crippen LogP contribution in [0, 0.1) is 5.92 Å². The topological polar surface area (TPSA) is 72.6 Å². The van der Waals surface area contributed by atoms with Gasteiger partial charge in [-0.3, -0.25) is 5.10 Å². The maximum atomic E-state index is 6.11. The molecule has 2 atom stereocenters. The van der Waals surface area contributed by atoms with Gasteiger partial charge in [0.25, 0.3) is 0 Å². The van der Waals surface area contributed by atoms with Gasteiger partial charge in [-0.15, -0.1) is 0 Å². The van der Waals surface area contributed by atoms with Crippen LogP contribution in [-0.4, -0.2) is 45.8 Å². The molecule has 2 aliphatic heterocycles. The van der Waals surface area contributed by atoms with Crippen molar-refractivity contribution in [3.63, 3.8) is 0 Å². The second kappa shape index (κ2) is 7.29. The Bertz CT molecular complexity index is 1210. The van der Waals surface area contributed by atoms with Crippen molar-refractivity contribution < 1.29 is 0 Å². The van der Waals surface area contributed by atoms with Gasteiger partial charge in [-0.1, -0.05) is 11.6 Å². The van der Waals surface area contributed by atoms with Gasteiger partial charge in [-0.2, -0.15) is 5.10 Å². The first-order valence-corrected chi connectivity index (χ1v) is 11.3. The van der Waals surface area contributed by atoms with E-state index in [1.54, 1.807) is 0 Å². The molecule has 30 heavy (non-hydrogen) atoms. The van der Waals surface area contributed by atoms with Crippen LogP contribution >= 0.6 is 11.6 Å². The third-order valence-electron chi connectivity index (χ3n) is 6.74. The Morgan fingerprint density at radius 3 is 2.90 bits per heavy atom. The lowest BCUT2D eigenvalue weighted by molar-refractivity contribution is 0.355. The summed E-state index contributed by atoms with van der Waals surface area (Å²) in [6.07, 6.45) is 5.18. The fourth-order valence-electron chi connectivity index (χ4n) is 5.23. The van der Waals surface area contributed by atoms with Crippen LogP contribution in [0.4, 0.5) is 5.69 Å². The molecule has 0 spiro atoms. The molecule has 154 valence electrons. The first-order chi connectivity index (χ1) is 14.8. The number of piperidine rings is 1. The molecule has 0 aliphatic carbocycles. The van der Waals surface area contributed by atoms with E-state index in [0.717, 1.165) is 59.0 Å². The van der Waals surface area contributed by atoms with E-state index in [1.807, 2.05) is 18.2 Å². The third-order valence-corrected chi connectivity index (χ3v) is 6.97. The van der Waals surface area contributed by atoms with Gasteiger partial charge in [-0.05, 0) is 81.1 Å². The molecule has 6 rings (SSSR count). The summed E-state index contributed by atoms with van der Waals surface area (Å²) in [7, 11) is 0. The Kier molecular flexibility index (Phi) is 4.43. The van der Waals surface area contributed by atoms with Crippen LogP contribution in [0.25, 0.3) is 33.5 Å². The number of nitrogens with zero attached hydrogens (tertiary/aromatic N) is 3. The summed E-state index contributed by atoms with van der Waals surface area (Å²) >= 11 is 6.11. The smallest absolute Gasteiger partial charge is 0.159 e. The normalized spacial score (nSPS) is 22.4. The largest absolute Gasteiger partial charge is 0.368 e. The van der Waals surface area contributed by atoms with Crippen molar-refractivity contribution in [3.8, 4) is 11.5 Å². The van der Waals surface area contributed by atoms with Crippen LogP contribution in [0.15, 0.2) is 36.4 Å². The zero-order valence-corrected chi connectivity index (χ0v) is 17.5. The highest BCUT2D eigenvalue weighted by molar-refractivity contribution is 6.31. The highest BCUT2D eigenvalue weighted by Gasteiger charge is 2.32. The standard InChI is InChI=1S/C23H25ClN6/c24-15-4-6-17-19(11-15)28-29-22(17)23-26-18-7-5-16(12-20(18)27-23)30-10-2-1-3-21(30)14-8-9-25-13-14/h4-7,11-12,14,21,25H,1-3,8-10,13H2,(H,26,27)(H,28,29). The number of anilines is 1. The summed E-state index contributed by atoms with van der Waals surface area (Å²) < 4.78 is 0. The minimum absolute atomic E-state index is 0.633. The lowest BCUT2D eigenvalue weighted by Gasteiger charge is -2.40. The van der Waals surface area contributed by atoms with E-state index in [1.165, 1.54) is 31.4 Å². The van der Waals surface area contributed by atoms with Gasteiger partial charge in [0.05, 0.1) is 16.6 Å². The number of rotatable bonds is 3. The molecule has 2 aliphatic rings. The minimum Gasteiger partial charge on any atom is -0.368 e. The monoisotopic (exact) mass is 420 g/mol. The van der Waals surface area contributed by atoms with Gasteiger partial charge in [0.1, 0.15) is 5.69 Å². The Labute approximate surface area is 180 Å². The average Bonchev–Trinajstić information content (AvgIpc) is 3.51. The average molecular weight is 421 g/mol. The Morgan fingerprint density at radius 2 is 2.00 bits per heavy atom. The fourth-order valence-corrected chi connectivity index (χ4v) is 5.41. The van der Waals surface area contributed by atoms with Crippen molar-refractivity contribution in [1.29, 1.82) is 0 Å². The molecule has 2 aromatic heterocycles. The molecule has 3 N–H and O–H groups in total. The zero-order valence-electron chi connectivity index (χ0n) is 16.8. The van der Waals surface area contributed by atoms with Crippen LogP contribution in [0.3, 0.4) is 0 Å². The van der Waals surface area contributed by atoms with Crippen LogP contribution in [-0.2, 0) is 0 Å². The molecule has 2 aromatic carbocycles. The van der Waals surface area contributed by atoms with E-state index < -0.39 is 0 Å². The van der Waals surface area contributed by atoms with E-state index in [4.69, 9.17) is 16.6 Å². The number of halogens is 1. The van der Waals surface area contributed by atoms with Crippen molar-refractivity contribution in [2.45, 2.75) is 31.7 Å². The van der Waals surface area contributed by atoms with Crippen LogP contribution in [0.2, 0.25) is 5.02 Å². The second-order valence-electron chi connectivity index (χ2n) is 8.56. The molecule has 7 heteroatoms. The second-order valence-corrected chi connectivity index (χ2v) is 8.99. The predicted octanol–water partition coefficient (Wildman–Crippen LogP) is 4.73. The molecule has 0 bridgehead atoms. The Balaban J connectivity index is 1.37. The number of aromatic nitrogens is 4. The molecule has 0 saturated carbocycles. The van der Waals surface area contributed by atoms with Crippen molar-refractivity contribution in [2.75, 3.05) is 24.5 Å². The maximum Gasteiger partial charge on any atom is 0.159 e. The first-order valence-electron chi connectivity index (χ1n) is 10.9. The summed E-state index contributed by atoms with van der Waals surface area (Å²) in [4.78, 5) is 10.9. The SMILES string of the molecule is Clc1ccc2c(-c3nc4ccc(N5CCCCC5C5CCNC5)cc4[nH]3)n[nH]c2c1. The van der Waals surface area contributed by atoms with E-state index in [0.29, 0.717) is 11.1 Å². The number of nitrogens with one attached hydrogen (secondary N) is 3. The van der Waals surface area contributed by atoms with Gasteiger partial charge in [0.15, 0.2) is 5.82 Å². The Morgan fingerprint density at radius 1 is 1.03 bits per heavy atom.